The van der Waals surface area contributed by atoms with Crippen LogP contribution in [0.2, 0.25) is 0 Å². The Morgan fingerprint density at radius 2 is 1.50 bits per heavy atom. The van der Waals surface area contributed by atoms with E-state index in [1.54, 1.807) is 14.2 Å². The minimum atomic E-state index is -0.779. The van der Waals surface area contributed by atoms with Crippen molar-refractivity contribution in [1.29, 1.82) is 0 Å². The van der Waals surface area contributed by atoms with Crippen molar-refractivity contribution in [2.75, 3.05) is 27.0 Å². The summed E-state index contributed by atoms with van der Waals surface area (Å²) in [7, 11) is 2.60. The van der Waals surface area contributed by atoms with E-state index in [1.807, 2.05) is 30.9 Å². The summed E-state index contributed by atoms with van der Waals surface area (Å²) >= 11 is 0. The normalized spacial score (nSPS) is 19.0. The van der Waals surface area contributed by atoms with Crippen molar-refractivity contribution in [2.45, 2.75) is 82.1 Å². The smallest absolute Gasteiger partial charge is 0.119 e. The Morgan fingerprint density at radius 3 is 2.06 bits per heavy atom. The van der Waals surface area contributed by atoms with Gasteiger partial charge < -0.3 is 19.5 Å². The summed E-state index contributed by atoms with van der Waals surface area (Å²) in [6, 6.07) is 14.2. The van der Waals surface area contributed by atoms with Crippen LogP contribution in [0.4, 0.5) is 0 Å². The number of benzene rings is 2. The predicted molar refractivity (Wildman–Crippen MR) is 142 cm³/mol. The third-order valence-electron chi connectivity index (χ3n) is 6.74. The summed E-state index contributed by atoms with van der Waals surface area (Å²) in [6.07, 6.45) is 14.6. The zero-order valence-electron chi connectivity index (χ0n) is 21.3. The van der Waals surface area contributed by atoms with Crippen LogP contribution in [-0.2, 0) is 12.0 Å². The Labute approximate surface area is 207 Å². The molecular weight excluding hydrogens is 443 g/mol. The molecule has 0 aromatic heterocycles. The molecule has 3 saturated carbocycles. The highest BCUT2D eigenvalue weighted by molar-refractivity contribution is 7.50. The first-order chi connectivity index (χ1) is 16.4. The fourth-order valence-electron chi connectivity index (χ4n) is 4.35. The molecular formula is C29H43O4P. The summed E-state index contributed by atoms with van der Waals surface area (Å²) in [4.78, 5) is 9.17. The summed E-state index contributed by atoms with van der Waals surface area (Å²) in [6.45, 7) is 1.87. The summed E-state index contributed by atoms with van der Waals surface area (Å²) in [5.74, 6) is 2.42. The molecule has 0 spiro atoms. The first-order valence-electron chi connectivity index (χ1n) is 12.9. The first-order valence-corrected chi connectivity index (χ1v) is 14.8. The van der Waals surface area contributed by atoms with Gasteiger partial charge in [0.1, 0.15) is 11.5 Å². The van der Waals surface area contributed by atoms with Crippen molar-refractivity contribution in [1.82, 2.24) is 0 Å². The molecule has 0 saturated heterocycles. The molecule has 0 heterocycles. The van der Waals surface area contributed by atoms with Crippen LogP contribution >= 0.6 is 8.15 Å². The molecule has 34 heavy (non-hydrogen) atoms. The van der Waals surface area contributed by atoms with Crippen LogP contribution in [0.5, 0.6) is 11.5 Å². The van der Waals surface area contributed by atoms with E-state index in [0.29, 0.717) is 5.92 Å². The van der Waals surface area contributed by atoms with Gasteiger partial charge in [-0.05, 0) is 91.8 Å². The van der Waals surface area contributed by atoms with Gasteiger partial charge in [-0.25, -0.2) is 0 Å². The van der Waals surface area contributed by atoms with Gasteiger partial charge >= 0.3 is 0 Å². The highest BCUT2D eigenvalue weighted by Gasteiger charge is 2.44. The maximum absolute atomic E-state index is 10.4. The second-order valence-corrected chi connectivity index (χ2v) is 11.6. The fraction of sp³-hybridized carbons (Fsp3) is 0.586. The van der Waals surface area contributed by atoms with E-state index in [0.717, 1.165) is 42.5 Å². The van der Waals surface area contributed by atoms with E-state index >= 15 is 0 Å². The van der Waals surface area contributed by atoms with Crippen LogP contribution in [-0.4, -0.2) is 37.0 Å². The maximum atomic E-state index is 10.4. The number of ether oxygens (including phenoxy) is 2. The average Bonchev–Trinajstić information content (AvgIpc) is 3.80. The Bertz CT molecular complexity index is 867. The quantitative estimate of drug-likeness (QED) is 0.408. The molecule has 0 bridgehead atoms. The van der Waals surface area contributed by atoms with Gasteiger partial charge in [0.15, 0.2) is 0 Å². The van der Waals surface area contributed by atoms with Crippen LogP contribution in [0.3, 0.4) is 0 Å². The molecule has 3 fully saturated rings. The number of hydrogen-bond acceptors (Lipinski definition) is 4. The number of aryl methyl sites for hydroxylation is 1. The molecule has 2 aromatic carbocycles. The molecule has 1 unspecified atom stereocenters. The standard InChI is InChI=1S/C16H22O2.C10H15O2P.C3H6/c1-18-13-7-8-15(16(17)9-10-16)14(11-13)12-5-3-2-4-6-12;1-12-10-5-3-4-9(8-10)6-7-13(2)11;1-2-3-1/h7-8,11-12,17H,2-6,9-10H2,1H3;3-5,8,11H,6-7H2,1-2H3;1-3H2. The van der Waals surface area contributed by atoms with Crippen molar-refractivity contribution in [3.05, 3.63) is 59.2 Å². The predicted octanol–water partition coefficient (Wildman–Crippen LogP) is 7.15. The second-order valence-electron chi connectivity index (χ2n) is 9.86. The van der Waals surface area contributed by atoms with Gasteiger partial charge in [-0.15, -0.1) is 0 Å². The topological polar surface area (TPSA) is 58.9 Å². The van der Waals surface area contributed by atoms with Gasteiger partial charge in [0.25, 0.3) is 0 Å². The minimum absolute atomic E-state index is 0.529. The number of aliphatic hydroxyl groups is 1. The van der Waals surface area contributed by atoms with Gasteiger partial charge in [-0.2, -0.15) is 0 Å². The summed E-state index contributed by atoms with van der Waals surface area (Å²) in [5.41, 5.74) is 3.20. The Morgan fingerprint density at radius 1 is 0.882 bits per heavy atom. The van der Waals surface area contributed by atoms with Crippen molar-refractivity contribution in [2.24, 2.45) is 0 Å². The molecule has 5 heteroatoms. The van der Waals surface area contributed by atoms with E-state index in [4.69, 9.17) is 9.47 Å². The molecule has 3 aliphatic rings. The van der Waals surface area contributed by atoms with Crippen molar-refractivity contribution < 1.29 is 19.5 Å². The molecule has 0 aliphatic heterocycles. The minimum Gasteiger partial charge on any atom is -0.497 e. The van der Waals surface area contributed by atoms with Gasteiger partial charge in [-0.3, -0.25) is 0 Å². The lowest BCUT2D eigenvalue weighted by atomic mass is 9.80. The van der Waals surface area contributed by atoms with Crippen LogP contribution in [0, 0.1) is 0 Å². The van der Waals surface area contributed by atoms with Gasteiger partial charge in [0, 0.05) is 8.15 Å². The van der Waals surface area contributed by atoms with E-state index in [-0.39, 0.29) is 0 Å². The van der Waals surface area contributed by atoms with E-state index in [1.165, 1.54) is 62.5 Å². The SMILES string of the molecule is C1CC1.COc1ccc(C2(O)CC2)c(C2CCCCC2)c1.COc1cccc(CCP(C)O)c1. The third-order valence-corrected chi connectivity index (χ3v) is 7.61. The summed E-state index contributed by atoms with van der Waals surface area (Å²) in [5, 5.41) is 10.4. The van der Waals surface area contributed by atoms with E-state index in [9.17, 15) is 10.00 Å². The summed E-state index contributed by atoms with van der Waals surface area (Å²) < 4.78 is 10.5. The Hall–Kier alpha value is -1.61. The Balaban J connectivity index is 0.000000177. The van der Waals surface area contributed by atoms with Crippen LogP contribution in [0.25, 0.3) is 0 Å². The van der Waals surface area contributed by atoms with Gasteiger partial charge in [0.2, 0.25) is 0 Å². The molecule has 0 amide bonds. The lowest BCUT2D eigenvalue weighted by Gasteiger charge is -2.26. The maximum Gasteiger partial charge on any atom is 0.119 e. The van der Waals surface area contributed by atoms with Crippen LogP contribution in [0.1, 0.15) is 86.8 Å². The van der Waals surface area contributed by atoms with Crippen molar-refractivity contribution >= 4 is 8.15 Å². The lowest BCUT2D eigenvalue weighted by molar-refractivity contribution is 0.149. The Kier molecular flexibility index (Phi) is 10.7. The van der Waals surface area contributed by atoms with Gasteiger partial charge in [0.05, 0.1) is 19.8 Å². The first kappa shape index (κ1) is 27.0. The number of rotatable bonds is 7. The number of methoxy groups -OCH3 is 2. The van der Waals surface area contributed by atoms with Crippen molar-refractivity contribution in [3.63, 3.8) is 0 Å². The molecule has 1 atom stereocenters. The monoisotopic (exact) mass is 486 g/mol. The zero-order valence-corrected chi connectivity index (χ0v) is 22.2. The lowest BCUT2D eigenvalue weighted by Crippen LogP contribution is -2.13. The molecule has 2 aromatic rings. The molecule has 188 valence electrons. The number of hydrogen-bond donors (Lipinski definition) is 2. The zero-order chi connectivity index (χ0) is 24.4. The third kappa shape index (κ3) is 8.87. The van der Waals surface area contributed by atoms with E-state index < -0.39 is 13.7 Å². The molecule has 4 nitrogen and oxygen atoms in total. The van der Waals surface area contributed by atoms with Crippen LogP contribution < -0.4 is 9.47 Å². The largest absolute Gasteiger partial charge is 0.497 e. The second kappa shape index (κ2) is 13.5. The average molecular weight is 487 g/mol. The van der Waals surface area contributed by atoms with E-state index in [2.05, 4.69) is 18.2 Å². The highest BCUT2D eigenvalue weighted by atomic mass is 31.1. The molecule has 0 radical (unpaired) electrons. The molecule has 3 aliphatic carbocycles. The molecule has 5 rings (SSSR count). The fourth-order valence-corrected chi connectivity index (χ4v) is 4.93. The highest BCUT2D eigenvalue weighted by Crippen LogP contribution is 2.50. The molecule has 2 N–H and O–H groups in total. The van der Waals surface area contributed by atoms with Gasteiger partial charge in [-0.1, -0.05) is 56.7 Å². The van der Waals surface area contributed by atoms with Crippen molar-refractivity contribution in [3.8, 4) is 11.5 Å². The van der Waals surface area contributed by atoms with Crippen LogP contribution in [0.15, 0.2) is 42.5 Å².